The van der Waals surface area contributed by atoms with Crippen LogP contribution in [0.4, 0.5) is 0 Å². The van der Waals surface area contributed by atoms with E-state index in [1.54, 1.807) is 0 Å². The zero-order chi connectivity index (χ0) is 34.9. The van der Waals surface area contributed by atoms with E-state index in [2.05, 4.69) is 170 Å². The third-order valence-corrected chi connectivity index (χ3v) is 11.5. The molecule has 0 saturated carbocycles. The van der Waals surface area contributed by atoms with Gasteiger partial charge in [0, 0.05) is 16.2 Å². The minimum atomic E-state index is 0.976. The van der Waals surface area contributed by atoms with Crippen molar-refractivity contribution in [1.82, 2.24) is 0 Å². The molecule has 0 fully saturated rings. The third kappa shape index (κ3) is 4.77. The van der Waals surface area contributed by atoms with Gasteiger partial charge in [-0.1, -0.05) is 152 Å². The normalized spacial score (nSPS) is 13.6. The predicted octanol–water partition coefficient (Wildman–Crippen LogP) is 11.3. The smallest absolute Gasteiger partial charge is 0.143 e. The highest BCUT2D eigenvalue weighted by molar-refractivity contribution is 6.10. The van der Waals surface area contributed by atoms with Gasteiger partial charge in [-0.15, -0.1) is 0 Å². The Balaban J connectivity index is 1.11. The molecular weight excluding hydrogens is 641 g/mol. The molecule has 1 nitrogen and oxygen atoms in total. The Labute approximate surface area is 307 Å². The Morgan fingerprint density at radius 2 is 0.906 bits per heavy atom. The van der Waals surface area contributed by atoms with Crippen LogP contribution in [-0.4, -0.2) is 0 Å². The topological polar surface area (TPSA) is 13.1 Å². The summed E-state index contributed by atoms with van der Waals surface area (Å²) < 4.78 is 6.55. The van der Waals surface area contributed by atoms with Crippen LogP contribution in [0.25, 0.3) is 112 Å². The Kier molecular flexibility index (Phi) is 6.88. The van der Waals surface area contributed by atoms with Crippen LogP contribution in [0.3, 0.4) is 0 Å². The van der Waals surface area contributed by atoms with Crippen LogP contribution in [0.15, 0.2) is 150 Å². The van der Waals surface area contributed by atoms with E-state index in [1.165, 1.54) is 92.3 Å². The summed E-state index contributed by atoms with van der Waals surface area (Å²) in [6.45, 7) is 0. The van der Waals surface area contributed by atoms with Crippen LogP contribution in [-0.2, 0) is 0 Å². The maximum absolute atomic E-state index is 6.55. The van der Waals surface area contributed by atoms with E-state index in [0.29, 0.717) is 0 Å². The molecule has 2 aliphatic carbocycles. The molecule has 0 radical (unpaired) electrons. The Morgan fingerprint density at radius 1 is 0.340 bits per heavy atom. The first-order chi connectivity index (χ1) is 26.3. The van der Waals surface area contributed by atoms with Crippen LogP contribution < -0.4 is 21.1 Å². The molecular formula is C52H36O. The molecule has 250 valence electrons. The van der Waals surface area contributed by atoms with Gasteiger partial charge in [0.25, 0.3) is 0 Å². The van der Waals surface area contributed by atoms with E-state index in [0.717, 1.165) is 42.2 Å². The second-order valence-electron chi connectivity index (χ2n) is 14.5. The van der Waals surface area contributed by atoms with E-state index in [1.807, 2.05) is 0 Å². The fraction of sp³-hybridized carbons (Fsp3) is 0.0769. The molecule has 0 saturated heterocycles. The van der Waals surface area contributed by atoms with Crippen molar-refractivity contribution in [3.63, 3.8) is 0 Å². The number of furan rings is 1. The average molecular weight is 677 g/mol. The first-order valence-electron chi connectivity index (χ1n) is 18.9. The van der Waals surface area contributed by atoms with Crippen molar-refractivity contribution in [1.29, 1.82) is 0 Å². The highest BCUT2D eigenvalue weighted by Gasteiger charge is 2.19. The molecule has 2 aliphatic rings. The van der Waals surface area contributed by atoms with Crippen LogP contribution in [0.2, 0.25) is 0 Å². The highest BCUT2D eigenvalue weighted by atomic mass is 16.3. The lowest BCUT2D eigenvalue weighted by atomic mass is 9.85. The monoisotopic (exact) mass is 676 g/mol. The highest BCUT2D eigenvalue weighted by Crippen LogP contribution is 2.40. The quantitative estimate of drug-likeness (QED) is 0.181. The molecule has 0 atom stereocenters. The van der Waals surface area contributed by atoms with Gasteiger partial charge in [-0.25, -0.2) is 0 Å². The number of hydrogen-bond acceptors (Lipinski definition) is 1. The fourth-order valence-corrected chi connectivity index (χ4v) is 9.13. The number of benzene rings is 8. The first kappa shape index (κ1) is 30.2. The molecule has 1 heterocycles. The minimum Gasteiger partial charge on any atom is -0.456 e. The summed E-state index contributed by atoms with van der Waals surface area (Å²) in [7, 11) is 0. The van der Waals surface area contributed by atoms with Gasteiger partial charge in [-0.3, -0.25) is 0 Å². The van der Waals surface area contributed by atoms with E-state index >= 15 is 0 Å². The van der Waals surface area contributed by atoms with E-state index in [-0.39, 0.29) is 0 Å². The summed E-state index contributed by atoms with van der Waals surface area (Å²) in [5.74, 6) is 0. The Hall–Kier alpha value is -6.44. The zero-order valence-corrected chi connectivity index (χ0v) is 29.4. The van der Waals surface area contributed by atoms with Gasteiger partial charge in [-0.2, -0.15) is 0 Å². The summed E-state index contributed by atoms with van der Waals surface area (Å²) in [6.07, 6.45) is 13.7. The molecule has 1 heteroatoms. The summed E-state index contributed by atoms with van der Waals surface area (Å²) in [5, 5.41) is 12.7. The lowest BCUT2D eigenvalue weighted by Gasteiger charge is -2.19. The van der Waals surface area contributed by atoms with Gasteiger partial charge in [0.1, 0.15) is 11.0 Å². The van der Waals surface area contributed by atoms with Gasteiger partial charge in [-0.05, 0) is 126 Å². The molecule has 0 amide bonds. The van der Waals surface area contributed by atoms with Gasteiger partial charge >= 0.3 is 0 Å². The number of fused-ring (bicyclic) bond motifs is 7. The number of hydrogen-bond donors (Lipinski definition) is 0. The summed E-state index contributed by atoms with van der Waals surface area (Å²) in [4.78, 5) is 0. The second kappa shape index (κ2) is 12.1. The molecule has 11 rings (SSSR count). The molecule has 1 aromatic heterocycles. The van der Waals surface area contributed by atoms with Crippen molar-refractivity contribution in [2.45, 2.75) is 25.7 Å². The van der Waals surface area contributed by atoms with Crippen LogP contribution in [0, 0.1) is 0 Å². The minimum absolute atomic E-state index is 0.976. The number of rotatable bonds is 4. The lowest BCUT2D eigenvalue weighted by molar-refractivity contribution is 0.572. The molecule has 9 aromatic rings. The maximum atomic E-state index is 6.55. The van der Waals surface area contributed by atoms with Crippen LogP contribution >= 0.6 is 0 Å². The van der Waals surface area contributed by atoms with E-state index < -0.39 is 0 Å². The van der Waals surface area contributed by atoms with Crippen molar-refractivity contribution in [3.8, 4) is 44.5 Å². The zero-order valence-electron chi connectivity index (χ0n) is 29.4. The van der Waals surface area contributed by atoms with Gasteiger partial charge in [0.2, 0.25) is 0 Å². The first-order valence-corrected chi connectivity index (χ1v) is 18.9. The third-order valence-electron chi connectivity index (χ3n) is 11.5. The largest absolute Gasteiger partial charge is 0.456 e. The van der Waals surface area contributed by atoms with Crippen LogP contribution in [0.5, 0.6) is 0 Å². The predicted molar refractivity (Wildman–Crippen MR) is 225 cm³/mol. The SMILES string of the molecule is C1=c2oc3c(-c4ccc(-c5cccc(-c6c7c(c(-c8ccc9ccccc9c8)c8ccccc68)=CCCC=7)c5)c5ccccc45)cccc3c2=CCC1. The van der Waals surface area contributed by atoms with Crippen molar-refractivity contribution < 1.29 is 4.42 Å². The summed E-state index contributed by atoms with van der Waals surface area (Å²) >= 11 is 0. The molecule has 0 spiro atoms. The molecule has 0 unspecified atom stereocenters. The van der Waals surface area contributed by atoms with Gasteiger partial charge in [0.05, 0.1) is 0 Å². The van der Waals surface area contributed by atoms with Gasteiger partial charge in [0.15, 0.2) is 0 Å². The van der Waals surface area contributed by atoms with Gasteiger partial charge < -0.3 is 4.42 Å². The second-order valence-corrected chi connectivity index (χ2v) is 14.5. The van der Waals surface area contributed by atoms with E-state index in [4.69, 9.17) is 4.42 Å². The molecule has 0 bridgehead atoms. The maximum Gasteiger partial charge on any atom is 0.143 e. The molecule has 0 aliphatic heterocycles. The average Bonchev–Trinajstić information content (AvgIpc) is 3.61. The Bertz CT molecular complexity index is 3230. The summed E-state index contributed by atoms with van der Waals surface area (Å²) in [6, 6.07) is 53.9. The van der Waals surface area contributed by atoms with Crippen LogP contribution in [0.1, 0.15) is 25.7 Å². The van der Waals surface area contributed by atoms with Crippen molar-refractivity contribution in [2.75, 3.05) is 0 Å². The van der Waals surface area contributed by atoms with E-state index in [9.17, 15) is 0 Å². The van der Waals surface area contributed by atoms with Crippen molar-refractivity contribution in [2.24, 2.45) is 0 Å². The standard InChI is InChI=1S/C52H36O/c1-2-14-34-31-37(28-27-33(34)13-1)51-45-22-7-5-20-43(45)50(44-21-6-8-23-46(44)51)36-16-11-15-35(32-36)38-29-30-41(40-18-4-3-17-39(38)40)47-24-12-25-48-42-19-9-10-26-49(42)53-52(47)48/h1-5,7,11-32H,6,8-10H2. The molecule has 0 N–H and O–H groups in total. The summed E-state index contributed by atoms with van der Waals surface area (Å²) in [5.41, 5.74) is 12.0. The van der Waals surface area contributed by atoms with Crippen molar-refractivity contribution in [3.05, 3.63) is 167 Å². The molecule has 53 heavy (non-hydrogen) atoms. The lowest BCUT2D eigenvalue weighted by Crippen LogP contribution is -2.31. The Morgan fingerprint density at radius 3 is 1.68 bits per heavy atom. The fourth-order valence-electron chi connectivity index (χ4n) is 9.13. The number of para-hydroxylation sites is 1. The van der Waals surface area contributed by atoms with Crippen molar-refractivity contribution >= 4 is 67.6 Å². The molecule has 8 aromatic carbocycles.